The lowest BCUT2D eigenvalue weighted by atomic mass is 10.2. The van der Waals surface area contributed by atoms with E-state index in [-0.39, 0.29) is 26.9 Å². The Labute approximate surface area is 192 Å². The molecule has 2 heterocycles. The van der Waals surface area contributed by atoms with Crippen molar-refractivity contribution < 1.29 is 26.4 Å². The number of halogens is 3. The number of sulfonamides is 1. The lowest BCUT2D eigenvalue weighted by Gasteiger charge is -2.16. The quantitative estimate of drug-likeness (QED) is 0.407. The van der Waals surface area contributed by atoms with Gasteiger partial charge in [0.15, 0.2) is 0 Å². The average molecular weight is 497 g/mol. The molecule has 0 spiro atoms. The molecule has 1 N–H and O–H groups in total. The summed E-state index contributed by atoms with van der Waals surface area (Å²) in [7, 11) is -3.64. The molecule has 12 heteroatoms. The van der Waals surface area contributed by atoms with E-state index in [1.165, 1.54) is 28.6 Å². The predicted molar refractivity (Wildman–Crippen MR) is 118 cm³/mol. The smallest absolute Gasteiger partial charge is 0.325 e. The van der Waals surface area contributed by atoms with Crippen LogP contribution in [0.25, 0.3) is 10.9 Å². The lowest BCUT2D eigenvalue weighted by Crippen LogP contribution is -2.28. The first-order valence-corrected chi connectivity index (χ1v) is 12.4. The van der Waals surface area contributed by atoms with Crippen molar-refractivity contribution in [2.45, 2.75) is 28.9 Å². The molecule has 174 valence electrons. The summed E-state index contributed by atoms with van der Waals surface area (Å²) in [5.41, 5.74) is 0.409. The third-order valence-corrected chi connectivity index (χ3v) is 7.87. The molecular formula is C21H19F3N4O3S2. The Hall–Kier alpha value is -2.70. The minimum absolute atomic E-state index is 0.0356. The lowest BCUT2D eigenvalue weighted by molar-refractivity contribution is -0.145. The van der Waals surface area contributed by atoms with Crippen LogP contribution in [0.3, 0.4) is 0 Å². The molecule has 0 radical (unpaired) electrons. The van der Waals surface area contributed by atoms with Crippen LogP contribution >= 0.6 is 11.8 Å². The first-order valence-electron chi connectivity index (χ1n) is 10.0. The zero-order valence-corrected chi connectivity index (χ0v) is 18.8. The van der Waals surface area contributed by atoms with Crippen molar-refractivity contribution in [2.24, 2.45) is 0 Å². The van der Waals surface area contributed by atoms with Gasteiger partial charge in [0.1, 0.15) is 5.03 Å². The van der Waals surface area contributed by atoms with Gasteiger partial charge in [-0.1, -0.05) is 36.0 Å². The van der Waals surface area contributed by atoms with Crippen LogP contribution in [0.5, 0.6) is 0 Å². The number of carbonyl (C=O) groups excluding carboxylic acids is 1. The summed E-state index contributed by atoms with van der Waals surface area (Å²) in [6.45, 7) is 0.921. The molecule has 0 saturated carbocycles. The molecule has 1 amide bonds. The average Bonchev–Trinajstić information content (AvgIpc) is 3.33. The number of fused-ring (bicyclic) bond motifs is 1. The fraction of sp³-hybridized carbons (Fsp3) is 0.286. The maximum absolute atomic E-state index is 13.2. The van der Waals surface area contributed by atoms with E-state index in [2.05, 4.69) is 15.3 Å². The van der Waals surface area contributed by atoms with Crippen LogP contribution in [0, 0.1) is 0 Å². The molecule has 33 heavy (non-hydrogen) atoms. The minimum atomic E-state index is -4.72. The third kappa shape index (κ3) is 5.28. The standard InChI is InChI=1S/C21H19F3N4O3S2/c22-21(23,24)20-26-17-9-2-1-8-16(17)19(27-20)32-13-18(29)25-14-6-5-7-15(12-14)33(30,31)28-10-3-4-11-28/h1-2,5-9,12H,3-4,10-11,13H2,(H,25,29). The molecular weight excluding hydrogens is 477 g/mol. The molecule has 2 aromatic carbocycles. The molecule has 0 bridgehead atoms. The van der Waals surface area contributed by atoms with Gasteiger partial charge in [0.05, 0.1) is 16.2 Å². The number of hydrogen-bond donors (Lipinski definition) is 1. The summed E-state index contributed by atoms with van der Waals surface area (Å²) < 4.78 is 66.3. The summed E-state index contributed by atoms with van der Waals surface area (Å²) in [5, 5.41) is 3.04. The number of nitrogens with one attached hydrogen (secondary N) is 1. The van der Waals surface area contributed by atoms with E-state index in [9.17, 15) is 26.4 Å². The second-order valence-corrected chi connectivity index (χ2v) is 10.2. The highest BCUT2D eigenvalue weighted by atomic mass is 32.2. The molecule has 1 aliphatic rings. The number of nitrogens with zero attached hydrogens (tertiary/aromatic N) is 3. The summed E-state index contributed by atoms with van der Waals surface area (Å²) >= 11 is 0.848. The molecule has 0 unspecified atom stereocenters. The molecule has 3 aromatic rings. The normalized spacial score (nSPS) is 15.1. The van der Waals surface area contributed by atoms with Crippen LogP contribution in [-0.4, -0.2) is 47.4 Å². The van der Waals surface area contributed by atoms with Crippen molar-refractivity contribution in [1.29, 1.82) is 0 Å². The molecule has 1 aliphatic heterocycles. The highest BCUT2D eigenvalue weighted by molar-refractivity contribution is 8.00. The molecule has 1 fully saturated rings. The fourth-order valence-corrected chi connectivity index (χ4v) is 5.81. The SMILES string of the molecule is O=C(CSc1nc(C(F)(F)F)nc2ccccc12)Nc1cccc(S(=O)(=O)N2CCCC2)c1. The van der Waals surface area contributed by atoms with E-state index in [4.69, 9.17) is 0 Å². The summed E-state index contributed by atoms with van der Waals surface area (Å²) in [4.78, 5) is 19.7. The first-order chi connectivity index (χ1) is 15.6. The number of amides is 1. The number of thioether (sulfide) groups is 1. The fourth-order valence-electron chi connectivity index (χ4n) is 3.43. The Balaban J connectivity index is 1.49. The van der Waals surface area contributed by atoms with Crippen LogP contribution in [0.1, 0.15) is 18.7 Å². The Morgan fingerprint density at radius 3 is 2.52 bits per heavy atom. The number of hydrogen-bond acceptors (Lipinski definition) is 6. The monoisotopic (exact) mass is 496 g/mol. The van der Waals surface area contributed by atoms with E-state index in [0.717, 1.165) is 24.6 Å². The van der Waals surface area contributed by atoms with Gasteiger partial charge >= 0.3 is 6.18 Å². The molecule has 7 nitrogen and oxygen atoms in total. The Kier molecular flexibility index (Phi) is 6.59. The minimum Gasteiger partial charge on any atom is -0.325 e. The van der Waals surface area contributed by atoms with E-state index in [1.54, 1.807) is 24.3 Å². The van der Waals surface area contributed by atoms with E-state index < -0.39 is 27.9 Å². The van der Waals surface area contributed by atoms with Crippen LogP contribution in [-0.2, 0) is 21.0 Å². The van der Waals surface area contributed by atoms with Gasteiger partial charge in [0.2, 0.25) is 21.8 Å². The highest BCUT2D eigenvalue weighted by Gasteiger charge is 2.35. The number of para-hydroxylation sites is 1. The topological polar surface area (TPSA) is 92.3 Å². The zero-order valence-electron chi connectivity index (χ0n) is 17.2. The number of alkyl halides is 3. The summed E-state index contributed by atoms with van der Waals surface area (Å²) in [6.07, 6.45) is -3.11. The maximum Gasteiger partial charge on any atom is 0.451 e. The number of anilines is 1. The van der Waals surface area contributed by atoms with E-state index in [0.29, 0.717) is 18.5 Å². The van der Waals surface area contributed by atoms with Crippen LogP contribution in [0.2, 0.25) is 0 Å². The molecule has 0 atom stereocenters. The maximum atomic E-state index is 13.2. The second kappa shape index (κ2) is 9.27. The van der Waals surface area contributed by atoms with Crippen molar-refractivity contribution >= 4 is 44.3 Å². The van der Waals surface area contributed by atoms with E-state index >= 15 is 0 Å². The van der Waals surface area contributed by atoms with Crippen LogP contribution in [0.15, 0.2) is 58.5 Å². The number of aromatic nitrogens is 2. The van der Waals surface area contributed by atoms with E-state index in [1.807, 2.05) is 0 Å². The Morgan fingerprint density at radius 2 is 1.79 bits per heavy atom. The molecule has 1 aromatic heterocycles. The van der Waals surface area contributed by atoms with Gasteiger partial charge in [-0.3, -0.25) is 4.79 Å². The van der Waals surface area contributed by atoms with Gasteiger partial charge in [-0.15, -0.1) is 0 Å². The molecule has 0 aliphatic carbocycles. The first kappa shape index (κ1) is 23.5. The van der Waals surface area contributed by atoms with Crippen LogP contribution < -0.4 is 5.32 Å². The van der Waals surface area contributed by atoms with Gasteiger partial charge in [0, 0.05) is 24.2 Å². The van der Waals surface area contributed by atoms with Crippen molar-refractivity contribution in [3.8, 4) is 0 Å². The van der Waals surface area contributed by atoms with Crippen LogP contribution in [0.4, 0.5) is 18.9 Å². The Bertz CT molecular complexity index is 1290. The van der Waals surface area contributed by atoms with Gasteiger partial charge in [-0.25, -0.2) is 18.4 Å². The van der Waals surface area contributed by atoms with Gasteiger partial charge < -0.3 is 5.32 Å². The van der Waals surface area contributed by atoms with Crippen molar-refractivity contribution in [1.82, 2.24) is 14.3 Å². The highest BCUT2D eigenvalue weighted by Crippen LogP contribution is 2.32. The van der Waals surface area contributed by atoms with Crippen molar-refractivity contribution in [3.63, 3.8) is 0 Å². The molecule has 1 saturated heterocycles. The number of benzene rings is 2. The summed E-state index contributed by atoms with van der Waals surface area (Å²) in [5.74, 6) is -2.00. The van der Waals surface area contributed by atoms with Gasteiger partial charge in [-0.2, -0.15) is 17.5 Å². The van der Waals surface area contributed by atoms with Crippen molar-refractivity contribution in [3.05, 3.63) is 54.4 Å². The number of carbonyl (C=O) groups is 1. The third-order valence-electron chi connectivity index (χ3n) is 4.98. The molecule has 4 rings (SSSR count). The largest absolute Gasteiger partial charge is 0.451 e. The second-order valence-electron chi connectivity index (χ2n) is 7.34. The Morgan fingerprint density at radius 1 is 1.06 bits per heavy atom. The summed E-state index contributed by atoms with van der Waals surface area (Å²) in [6, 6.07) is 12.2. The van der Waals surface area contributed by atoms with Gasteiger partial charge in [-0.05, 0) is 37.1 Å². The zero-order chi connectivity index (χ0) is 23.6. The van der Waals surface area contributed by atoms with Gasteiger partial charge in [0.25, 0.3) is 0 Å². The number of rotatable bonds is 6. The van der Waals surface area contributed by atoms with Crippen molar-refractivity contribution in [2.75, 3.05) is 24.2 Å². The predicted octanol–water partition coefficient (Wildman–Crippen LogP) is 4.16.